The summed E-state index contributed by atoms with van der Waals surface area (Å²) in [5.74, 6) is -0.646. The van der Waals surface area contributed by atoms with Gasteiger partial charge in [0.2, 0.25) is 0 Å². The maximum Gasteiger partial charge on any atom is 0.253 e. The fourth-order valence-corrected chi connectivity index (χ4v) is 3.88. The maximum atomic E-state index is 16.0. The Bertz CT molecular complexity index is 862. The molecule has 2 aliphatic rings. The van der Waals surface area contributed by atoms with E-state index in [1.165, 1.54) is 0 Å². The predicted molar refractivity (Wildman–Crippen MR) is 124 cm³/mol. The van der Waals surface area contributed by atoms with E-state index in [1.54, 1.807) is 36.4 Å². The largest absolute Gasteiger partial charge is 0.381 e. The van der Waals surface area contributed by atoms with Gasteiger partial charge in [-0.3, -0.25) is 9.78 Å². The minimum Gasteiger partial charge on any atom is -0.381 e. The van der Waals surface area contributed by atoms with Gasteiger partial charge in [0, 0.05) is 38.4 Å². The molecule has 1 saturated heterocycles. The first-order chi connectivity index (χ1) is 16.1. The number of aromatic nitrogens is 1. The molecule has 0 bridgehead atoms. The van der Waals surface area contributed by atoms with Crippen molar-refractivity contribution in [3.8, 4) is 0 Å². The molecule has 0 spiro atoms. The number of hydroxylamine groups is 1. The van der Waals surface area contributed by atoms with Gasteiger partial charge in [0.25, 0.3) is 5.91 Å². The summed E-state index contributed by atoms with van der Waals surface area (Å²) in [4.78, 5) is 24.2. The second-order valence-electron chi connectivity index (χ2n) is 8.09. The smallest absolute Gasteiger partial charge is 0.253 e. The van der Waals surface area contributed by atoms with Gasteiger partial charge < -0.3 is 25.1 Å². The van der Waals surface area contributed by atoms with Gasteiger partial charge in [-0.25, -0.2) is 9.87 Å². The summed E-state index contributed by atoms with van der Waals surface area (Å²) < 4.78 is 21.7. The number of halogens is 1. The molecule has 1 aromatic rings. The number of amides is 1. The molecule has 9 heteroatoms. The zero-order valence-electron chi connectivity index (χ0n) is 19.4. The molecule has 2 atom stereocenters. The Balaban J connectivity index is 1.85. The van der Waals surface area contributed by atoms with Crippen LogP contribution in [-0.4, -0.2) is 73.9 Å². The summed E-state index contributed by atoms with van der Waals surface area (Å²) in [7, 11) is 1.55. The number of morpholine rings is 1. The van der Waals surface area contributed by atoms with E-state index in [0.29, 0.717) is 38.4 Å². The zero-order chi connectivity index (χ0) is 23.6. The molecule has 180 valence electrons. The molecule has 1 saturated carbocycles. The van der Waals surface area contributed by atoms with Crippen molar-refractivity contribution in [2.24, 2.45) is 0 Å². The van der Waals surface area contributed by atoms with E-state index in [4.69, 9.17) is 9.57 Å². The van der Waals surface area contributed by atoms with E-state index in [-0.39, 0.29) is 23.2 Å². The number of pyridine rings is 1. The summed E-state index contributed by atoms with van der Waals surface area (Å²) in [6, 6.07) is 4.84. The number of nitrogens with one attached hydrogen (secondary N) is 3. The highest BCUT2D eigenvalue weighted by Gasteiger charge is 2.41. The number of nitrogens with zero attached hydrogens (tertiary/aromatic N) is 2. The van der Waals surface area contributed by atoms with Gasteiger partial charge in [0.1, 0.15) is 6.10 Å². The number of ether oxygens (including phenoxy) is 1. The minimum atomic E-state index is -0.568. The first kappa shape index (κ1) is 25.1. The zero-order valence-corrected chi connectivity index (χ0v) is 19.4. The van der Waals surface area contributed by atoms with Crippen molar-refractivity contribution in [2.45, 2.75) is 44.4 Å². The quantitative estimate of drug-likeness (QED) is 0.191. The number of hydrogen-bond donors (Lipinski definition) is 3. The fourth-order valence-electron chi connectivity index (χ4n) is 3.88. The van der Waals surface area contributed by atoms with E-state index in [2.05, 4.69) is 33.4 Å². The lowest BCUT2D eigenvalue weighted by Crippen LogP contribution is -2.53. The lowest BCUT2D eigenvalue weighted by atomic mass is 10.0. The molecule has 1 aliphatic heterocycles. The average molecular weight is 460 g/mol. The molecule has 33 heavy (non-hydrogen) atoms. The lowest BCUT2D eigenvalue weighted by Gasteiger charge is -2.34. The summed E-state index contributed by atoms with van der Waals surface area (Å²) in [5, 5.41) is 6.35. The molecule has 1 amide bonds. The van der Waals surface area contributed by atoms with Crippen LogP contribution in [0.5, 0.6) is 0 Å². The first-order valence-electron chi connectivity index (χ1n) is 11.4. The summed E-state index contributed by atoms with van der Waals surface area (Å²) in [6.45, 7) is 8.33. The van der Waals surface area contributed by atoms with E-state index < -0.39 is 18.0 Å². The topological polar surface area (TPSA) is 87.8 Å². The highest BCUT2D eigenvalue weighted by molar-refractivity contribution is 5.83. The number of rotatable bonds is 12. The van der Waals surface area contributed by atoms with E-state index in [0.717, 1.165) is 19.4 Å². The highest BCUT2D eigenvalue weighted by atomic mass is 19.1. The van der Waals surface area contributed by atoms with Gasteiger partial charge in [0.15, 0.2) is 5.83 Å². The SMILES string of the molecule is C=C=C(/C(F)=C(\NCCCNOC)c1ccccn1)[C@@H](C)N(C(=O)[C@H]1CNCCO1)C1CC1. The molecular formula is C24H34FN5O3. The Labute approximate surface area is 194 Å². The van der Waals surface area contributed by atoms with Gasteiger partial charge in [-0.15, -0.1) is 5.73 Å². The highest BCUT2D eigenvalue weighted by Crippen LogP contribution is 2.34. The Morgan fingerprint density at radius 1 is 1.45 bits per heavy atom. The Morgan fingerprint density at radius 2 is 2.27 bits per heavy atom. The molecule has 3 rings (SSSR count). The second-order valence-corrected chi connectivity index (χ2v) is 8.09. The fraction of sp³-hybridized carbons (Fsp3) is 0.542. The summed E-state index contributed by atoms with van der Waals surface area (Å²) in [6.07, 6.45) is 3.54. The van der Waals surface area contributed by atoms with Crippen LogP contribution in [0.15, 0.2) is 48.1 Å². The second kappa shape index (κ2) is 12.6. The normalized spacial score (nSPS) is 19.8. The molecule has 8 nitrogen and oxygen atoms in total. The van der Waals surface area contributed by atoms with Crippen molar-refractivity contribution in [3.05, 3.63) is 53.8 Å². The molecular weight excluding hydrogens is 425 g/mol. The maximum absolute atomic E-state index is 16.0. The van der Waals surface area contributed by atoms with Gasteiger partial charge in [-0.2, -0.15) is 0 Å². The van der Waals surface area contributed by atoms with Crippen molar-refractivity contribution in [3.63, 3.8) is 0 Å². The van der Waals surface area contributed by atoms with Gasteiger partial charge in [0.05, 0.1) is 36.7 Å². The molecule has 1 aliphatic carbocycles. The van der Waals surface area contributed by atoms with Crippen LogP contribution in [0.3, 0.4) is 0 Å². The molecule has 1 aromatic heterocycles. The van der Waals surface area contributed by atoms with Crippen LogP contribution in [0, 0.1) is 0 Å². The minimum absolute atomic E-state index is 0.0700. The molecule has 0 radical (unpaired) electrons. The van der Waals surface area contributed by atoms with E-state index in [9.17, 15) is 4.79 Å². The Morgan fingerprint density at radius 3 is 2.88 bits per heavy atom. The van der Waals surface area contributed by atoms with Crippen molar-refractivity contribution in [2.75, 3.05) is 39.9 Å². The molecule has 2 heterocycles. The van der Waals surface area contributed by atoms with Crippen LogP contribution in [0.1, 0.15) is 31.9 Å². The number of carbonyl (C=O) groups is 1. The van der Waals surface area contributed by atoms with Crippen LogP contribution in [0.2, 0.25) is 0 Å². The van der Waals surface area contributed by atoms with Crippen molar-refractivity contribution in [1.29, 1.82) is 0 Å². The van der Waals surface area contributed by atoms with Crippen LogP contribution in [-0.2, 0) is 14.4 Å². The van der Waals surface area contributed by atoms with Gasteiger partial charge in [-0.05, 0) is 38.3 Å². The molecule has 2 fully saturated rings. The molecule has 0 aromatic carbocycles. The van der Waals surface area contributed by atoms with Crippen molar-refractivity contribution in [1.82, 2.24) is 26.0 Å². The third-order valence-corrected chi connectivity index (χ3v) is 5.70. The van der Waals surface area contributed by atoms with E-state index in [1.807, 2.05) is 6.92 Å². The third-order valence-electron chi connectivity index (χ3n) is 5.70. The monoisotopic (exact) mass is 459 g/mol. The van der Waals surface area contributed by atoms with Crippen molar-refractivity contribution < 1.29 is 18.8 Å². The third kappa shape index (κ3) is 6.72. The van der Waals surface area contributed by atoms with Crippen LogP contribution >= 0.6 is 0 Å². The standard InChI is InChI=1S/C24H34FN5O3/c1-4-19(17(2)30(18-9-10-18)24(31)21-16-26-14-15-33-21)22(25)23(20-8-5-6-11-27-20)28-12-7-13-29-32-3/h5-6,8,11,17-18,21,26,28-29H,1,7,9-10,12-16H2,2-3H3/b23-22+/t17-,21-/m1/s1. The summed E-state index contributed by atoms with van der Waals surface area (Å²) >= 11 is 0. The average Bonchev–Trinajstić information content (AvgIpc) is 3.68. The Hall–Kier alpha value is -2.55. The van der Waals surface area contributed by atoms with Gasteiger partial charge >= 0.3 is 0 Å². The number of carbonyl (C=O) groups excluding carboxylic acids is 1. The Kier molecular flexibility index (Phi) is 9.60. The molecule has 0 unspecified atom stereocenters. The predicted octanol–water partition coefficient (Wildman–Crippen LogP) is 1.93. The molecule has 3 N–H and O–H groups in total. The summed E-state index contributed by atoms with van der Waals surface area (Å²) in [5.41, 5.74) is 6.48. The van der Waals surface area contributed by atoms with Crippen LogP contribution < -0.4 is 16.1 Å². The van der Waals surface area contributed by atoms with Crippen LogP contribution in [0.4, 0.5) is 4.39 Å². The van der Waals surface area contributed by atoms with Crippen molar-refractivity contribution >= 4 is 11.6 Å². The van der Waals surface area contributed by atoms with Gasteiger partial charge in [-0.1, -0.05) is 12.6 Å². The first-order valence-corrected chi connectivity index (χ1v) is 11.4. The lowest BCUT2D eigenvalue weighted by molar-refractivity contribution is -0.147. The number of hydrogen-bond acceptors (Lipinski definition) is 7. The van der Waals surface area contributed by atoms with Crippen LogP contribution in [0.25, 0.3) is 5.70 Å². The van der Waals surface area contributed by atoms with E-state index >= 15 is 4.39 Å².